The van der Waals surface area contributed by atoms with Crippen molar-refractivity contribution >= 4 is 29.1 Å². The monoisotopic (exact) mass is 315 g/mol. The van der Waals surface area contributed by atoms with E-state index < -0.39 is 40.2 Å². The number of carboxylic acid groups (broad SMARTS) is 1. The second-order valence-electron chi connectivity index (χ2n) is 6.75. The molecule has 2 unspecified atom stereocenters. The number of carbonyl (C=O) groups excluding carboxylic acids is 3. The molecule has 0 spiro atoms. The highest BCUT2D eigenvalue weighted by atomic mass is 16.4. The maximum atomic E-state index is 12.8. The molecule has 2 atom stereocenters. The molecule has 0 saturated heterocycles. The Morgan fingerprint density at radius 1 is 1.17 bits per heavy atom. The zero-order chi connectivity index (χ0) is 17.0. The first kappa shape index (κ1) is 15.4. The maximum Gasteiger partial charge on any atom is 0.335 e. The molecule has 3 rings (SSSR count). The number of nitrogens with one attached hydrogen (secondary N) is 1. The van der Waals surface area contributed by atoms with Gasteiger partial charge in [-0.1, -0.05) is 13.8 Å². The first-order chi connectivity index (χ1) is 10.7. The fraction of sp³-hybridized carbons (Fsp3) is 0.412. The van der Waals surface area contributed by atoms with E-state index in [-0.39, 0.29) is 5.56 Å². The van der Waals surface area contributed by atoms with E-state index >= 15 is 0 Å². The average Bonchev–Trinajstić information content (AvgIpc) is 2.84. The van der Waals surface area contributed by atoms with Gasteiger partial charge in [-0.3, -0.25) is 14.4 Å². The Labute approximate surface area is 132 Å². The molecule has 2 aliphatic carbocycles. The van der Waals surface area contributed by atoms with Crippen LogP contribution in [0.25, 0.3) is 0 Å². The van der Waals surface area contributed by atoms with E-state index in [4.69, 9.17) is 5.11 Å². The predicted molar refractivity (Wildman–Crippen MR) is 81.0 cm³/mol. The summed E-state index contributed by atoms with van der Waals surface area (Å²) in [6, 6.07) is 5.69. The summed E-state index contributed by atoms with van der Waals surface area (Å²) in [4.78, 5) is 48.1. The van der Waals surface area contributed by atoms with Crippen LogP contribution in [0.3, 0.4) is 0 Å². The molecule has 6 heteroatoms. The molecule has 23 heavy (non-hydrogen) atoms. The summed E-state index contributed by atoms with van der Waals surface area (Å²) in [5.74, 6) is -2.98. The first-order valence-corrected chi connectivity index (χ1v) is 7.45. The van der Waals surface area contributed by atoms with Gasteiger partial charge in [0.2, 0.25) is 17.5 Å². The van der Waals surface area contributed by atoms with Crippen LogP contribution in [-0.4, -0.2) is 28.5 Å². The number of amides is 1. The van der Waals surface area contributed by atoms with Crippen molar-refractivity contribution in [1.29, 1.82) is 0 Å². The minimum absolute atomic E-state index is 0.106. The number of carbonyl (C=O) groups is 4. The number of anilines is 1. The van der Waals surface area contributed by atoms with E-state index in [1.807, 2.05) is 0 Å². The molecule has 0 heterocycles. The Kier molecular flexibility index (Phi) is 3.18. The van der Waals surface area contributed by atoms with E-state index in [9.17, 15) is 19.2 Å². The Hall–Kier alpha value is -2.50. The van der Waals surface area contributed by atoms with Gasteiger partial charge in [0.15, 0.2) is 0 Å². The number of Topliss-reactive ketones (excluding diaryl/α,β-unsaturated/α-hetero) is 2. The van der Waals surface area contributed by atoms with Crippen LogP contribution in [0, 0.1) is 16.7 Å². The van der Waals surface area contributed by atoms with Crippen LogP contribution < -0.4 is 5.32 Å². The molecule has 2 bridgehead atoms. The Balaban J connectivity index is 1.90. The molecule has 1 aromatic carbocycles. The molecule has 0 aliphatic heterocycles. The van der Waals surface area contributed by atoms with Gasteiger partial charge in [-0.25, -0.2) is 4.79 Å². The number of hydrogen-bond acceptors (Lipinski definition) is 4. The third kappa shape index (κ3) is 1.87. The highest BCUT2D eigenvalue weighted by Crippen LogP contribution is 2.62. The molecule has 0 radical (unpaired) electrons. The van der Waals surface area contributed by atoms with Crippen LogP contribution in [0.1, 0.15) is 37.0 Å². The first-order valence-electron chi connectivity index (χ1n) is 7.45. The lowest BCUT2D eigenvalue weighted by atomic mass is 9.68. The number of fused-ring (bicyclic) bond motifs is 2. The van der Waals surface area contributed by atoms with Crippen molar-refractivity contribution in [2.75, 3.05) is 5.32 Å². The second-order valence-corrected chi connectivity index (χ2v) is 6.75. The van der Waals surface area contributed by atoms with Crippen LogP contribution in [0.4, 0.5) is 5.69 Å². The van der Waals surface area contributed by atoms with Gasteiger partial charge in [0.1, 0.15) is 5.41 Å². The highest BCUT2D eigenvalue weighted by Gasteiger charge is 2.72. The SMILES string of the molecule is CC1(C)C2CCC1(C(=O)Nc1ccc(C(=O)O)cc1)C(=O)C2=O. The highest BCUT2D eigenvalue weighted by molar-refractivity contribution is 6.48. The summed E-state index contributed by atoms with van der Waals surface area (Å²) >= 11 is 0. The fourth-order valence-corrected chi connectivity index (χ4v) is 4.02. The molecule has 6 nitrogen and oxygen atoms in total. The number of ketones is 2. The summed E-state index contributed by atoms with van der Waals surface area (Å²) in [7, 11) is 0. The summed E-state index contributed by atoms with van der Waals surface area (Å²) in [5, 5.41) is 11.5. The van der Waals surface area contributed by atoms with Crippen molar-refractivity contribution in [3.63, 3.8) is 0 Å². The number of hydrogen-bond donors (Lipinski definition) is 2. The molecular formula is C17H17NO5. The van der Waals surface area contributed by atoms with Gasteiger partial charge in [-0.15, -0.1) is 0 Å². The van der Waals surface area contributed by atoms with Crippen molar-refractivity contribution < 1.29 is 24.3 Å². The van der Waals surface area contributed by atoms with Crippen LogP contribution in [0.5, 0.6) is 0 Å². The summed E-state index contributed by atoms with van der Waals surface area (Å²) < 4.78 is 0. The lowest BCUT2D eigenvalue weighted by molar-refractivity contribution is -0.147. The molecule has 0 aromatic heterocycles. The van der Waals surface area contributed by atoms with Gasteiger partial charge in [0.05, 0.1) is 5.56 Å². The third-order valence-electron chi connectivity index (χ3n) is 5.48. The summed E-state index contributed by atoms with van der Waals surface area (Å²) in [5.41, 5.74) is -1.51. The van der Waals surface area contributed by atoms with Gasteiger partial charge in [-0.2, -0.15) is 0 Å². The van der Waals surface area contributed by atoms with E-state index in [0.717, 1.165) is 0 Å². The quantitative estimate of drug-likeness (QED) is 0.655. The number of rotatable bonds is 3. The normalized spacial score (nSPS) is 28.0. The van der Waals surface area contributed by atoms with Crippen molar-refractivity contribution in [2.24, 2.45) is 16.7 Å². The third-order valence-corrected chi connectivity index (χ3v) is 5.48. The Morgan fingerprint density at radius 2 is 1.78 bits per heavy atom. The minimum Gasteiger partial charge on any atom is -0.478 e. The van der Waals surface area contributed by atoms with Crippen molar-refractivity contribution in [3.8, 4) is 0 Å². The molecule has 1 amide bonds. The van der Waals surface area contributed by atoms with Crippen molar-refractivity contribution in [1.82, 2.24) is 0 Å². The second kappa shape index (κ2) is 4.75. The Morgan fingerprint density at radius 3 is 2.26 bits per heavy atom. The molecule has 2 N–H and O–H groups in total. The van der Waals surface area contributed by atoms with E-state index in [1.165, 1.54) is 24.3 Å². The van der Waals surface area contributed by atoms with Gasteiger partial charge < -0.3 is 10.4 Å². The van der Waals surface area contributed by atoms with Crippen LogP contribution >= 0.6 is 0 Å². The van der Waals surface area contributed by atoms with Gasteiger partial charge in [-0.05, 0) is 42.5 Å². The standard InChI is InChI=1S/C17H17NO5/c1-16(2)11-7-8-17(16,13(20)12(11)19)15(23)18-10-5-3-9(4-6-10)14(21)22/h3-6,11H,7-8H2,1-2H3,(H,18,23)(H,21,22). The maximum absolute atomic E-state index is 12.8. The van der Waals surface area contributed by atoms with Crippen molar-refractivity contribution in [3.05, 3.63) is 29.8 Å². The van der Waals surface area contributed by atoms with Crippen LogP contribution in [0.15, 0.2) is 24.3 Å². The topological polar surface area (TPSA) is 101 Å². The predicted octanol–water partition coefficient (Wildman–Crippen LogP) is 1.90. The van der Waals surface area contributed by atoms with E-state index in [0.29, 0.717) is 18.5 Å². The molecule has 2 aliphatic rings. The lowest BCUT2D eigenvalue weighted by Crippen LogP contribution is -2.47. The Bertz CT molecular complexity index is 734. The summed E-state index contributed by atoms with van der Waals surface area (Å²) in [6.07, 6.45) is 0.914. The fourth-order valence-electron chi connectivity index (χ4n) is 4.02. The minimum atomic E-state index is -1.32. The zero-order valence-electron chi connectivity index (χ0n) is 12.9. The molecular weight excluding hydrogens is 298 g/mol. The van der Waals surface area contributed by atoms with E-state index in [1.54, 1.807) is 13.8 Å². The molecule has 1 aromatic rings. The summed E-state index contributed by atoms with van der Waals surface area (Å²) in [6.45, 7) is 3.58. The van der Waals surface area contributed by atoms with Gasteiger partial charge in [0.25, 0.3) is 0 Å². The van der Waals surface area contributed by atoms with Gasteiger partial charge in [0, 0.05) is 11.6 Å². The van der Waals surface area contributed by atoms with Crippen LogP contribution in [-0.2, 0) is 14.4 Å². The number of carboxylic acids is 1. The van der Waals surface area contributed by atoms with Crippen LogP contribution in [0.2, 0.25) is 0 Å². The van der Waals surface area contributed by atoms with E-state index in [2.05, 4.69) is 5.32 Å². The number of aromatic carboxylic acids is 1. The zero-order valence-corrected chi connectivity index (χ0v) is 12.9. The molecule has 120 valence electrons. The van der Waals surface area contributed by atoms with Crippen molar-refractivity contribution in [2.45, 2.75) is 26.7 Å². The number of benzene rings is 1. The molecule has 2 fully saturated rings. The lowest BCUT2D eigenvalue weighted by Gasteiger charge is -2.33. The van der Waals surface area contributed by atoms with Gasteiger partial charge >= 0.3 is 5.97 Å². The average molecular weight is 315 g/mol. The molecule has 2 saturated carbocycles. The smallest absolute Gasteiger partial charge is 0.335 e. The largest absolute Gasteiger partial charge is 0.478 e.